The van der Waals surface area contributed by atoms with Crippen LogP contribution in [0.25, 0.3) is 0 Å². The molecule has 0 unspecified atom stereocenters. The first-order chi connectivity index (χ1) is 10.0. The number of carbonyl (C=O) groups excluding carboxylic acids is 1. The first-order valence-electron chi connectivity index (χ1n) is 7.23. The Morgan fingerprint density at radius 3 is 2.82 bits per heavy atom. The lowest BCUT2D eigenvalue weighted by Gasteiger charge is -2.02. The van der Waals surface area contributed by atoms with Crippen molar-refractivity contribution in [2.24, 2.45) is 5.92 Å². The molecule has 22 heavy (non-hydrogen) atoms. The van der Waals surface area contributed by atoms with Crippen molar-refractivity contribution in [2.75, 3.05) is 5.73 Å². The smallest absolute Gasteiger partial charge is 0.197 e. The number of nitrogens with zero attached hydrogens (tertiary/aromatic N) is 4. The number of H-pyrrole nitrogens is 1. The van der Waals surface area contributed by atoms with E-state index >= 15 is 0 Å². The molecule has 2 rings (SSSR count). The number of aromatic nitrogens is 5. The summed E-state index contributed by atoms with van der Waals surface area (Å²) in [4.78, 5) is 18.7. The molecule has 0 fully saturated rings. The average Bonchev–Trinajstić information content (AvgIpc) is 2.98. The van der Waals surface area contributed by atoms with Gasteiger partial charge in [-0.25, -0.2) is 9.67 Å². The fourth-order valence-corrected chi connectivity index (χ4v) is 2.19. The van der Waals surface area contributed by atoms with Crippen LogP contribution in [0.3, 0.4) is 0 Å². The SMILES string of the molecule is CC(C)CC(=O)Cn1cc(CCCc2cnc(N)[nH]2)nn1.Cl. The number of halogens is 1. The molecular formula is C14H23ClN6O. The van der Waals surface area contributed by atoms with Crippen LogP contribution in [0.4, 0.5) is 5.95 Å². The van der Waals surface area contributed by atoms with Gasteiger partial charge in [0.2, 0.25) is 0 Å². The second kappa shape index (κ2) is 8.53. The summed E-state index contributed by atoms with van der Waals surface area (Å²) in [5.74, 6) is 1.01. The van der Waals surface area contributed by atoms with E-state index in [4.69, 9.17) is 5.73 Å². The molecule has 122 valence electrons. The predicted octanol–water partition coefficient (Wildman–Crippen LogP) is 1.80. The van der Waals surface area contributed by atoms with E-state index in [0.29, 0.717) is 24.8 Å². The van der Waals surface area contributed by atoms with Crippen molar-refractivity contribution in [3.05, 3.63) is 23.8 Å². The van der Waals surface area contributed by atoms with Gasteiger partial charge in [0, 0.05) is 18.3 Å². The molecule has 0 spiro atoms. The minimum atomic E-state index is 0. The molecule has 0 bridgehead atoms. The van der Waals surface area contributed by atoms with Crippen LogP contribution in [0.1, 0.15) is 38.1 Å². The first kappa shape index (κ1) is 18.2. The monoisotopic (exact) mass is 326 g/mol. The highest BCUT2D eigenvalue weighted by molar-refractivity contribution is 5.85. The Bertz CT molecular complexity index is 592. The number of hydrogen-bond donors (Lipinski definition) is 2. The van der Waals surface area contributed by atoms with Crippen LogP contribution in [0.2, 0.25) is 0 Å². The van der Waals surface area contributed by atoms with Crippen molar-refractivity contribution in [3.8, 4) is 0 Å². The Morgan fingerprint density at radius 2 is 2.18 bits per heavy atom. The molecule has 0 radical (unpaired) electrons. The largest absolute Gasteiger partial charge is 0.369 e. The number of imidazole rings is 1. The highest BCUT2D eigenvalue weighted by Crippen LogP contribution is 2.06. The summed E-state index contributed by atoms with van der Waals surface area (Å²) in [6.45, 7) is 4.38. The Balaban J connectivity index is 0.00000242. The lowest BCUT2D eigenvalue weighted by Crippen LogP contribution is -2.12. The van der Waals surface area contributed by atoms with Gasteiger partial charge in [-0.05, 0) is 25.2 Å². The normalized spacial score (nSPS) is 10.7. The molecule has 0 aliphatic carbocycles. The number of Topliss-reactive ketones (excluding diaryl/α,β-unsaturated/α-hetero) is 1. The van der Waals surface area contributed by atoms with E-state index in [0.717, 1.165) is 30.7 Å². The maximum atomic E-state index is 11.7. The summed E-state index contributed by atoms with van der Waals surface area (Å²) in [6, 6.07) is 0. The number of rotatable bonds is 8. The Labute approximate surface area is 136 Å². The number of nitrogen functional groups attached to an aromatic ring is 1. The number of hydrogen-bond acceptors (Lipinski definition) is 5. The standard InChI is InChI=1S/C14H22N6O.ClH/c1-10(2)6-13(21)9-20-8-12(18-19-20)5-3-4-11-7-16-14(15)17-11;/h7-8,10H,3-6,9H2,1-2H3,(H3,15,16,17);1H. The number of aromatic amines is 1. The third-order valence-electron chi connectivity index (χ3n) is 3.09. The maximum absolute atomic E-state index is 11.7. The van der Waals surface area contributed by atoms with Gasteiger partial charge in [-0.2, -0.15) is 0 Å². The van der Waals surface area contributed by atoms with Crippen LogP contribution in [0, 0.1) is 5.92 Å². The molecule has 2 heterocycles. The van der Waals surface area contributed by atoms with Gasteiger partial charge in [-0.3, -0.25) is 4.79 Å². The van der Waals surface area contributed by atoms with Gasteiger partial charge >= 0.3 is 0 Å². The fraction of sp³-hybridized carbons (Fsp3) is 0.571. The van der Waals surface area contributed by atoms with Crippen molar-refractivity contribution < 1.29 is 4.79 Å². The van der Waals surface area contributed by atoms with Crippen LogP contribution in [0.5, 0.6) is 0 Å². The maximum Gasteiger partial charge on any atom is 0.197 e. The molecular weight excluding hydrogens is 304 g/mol. The highest BCUT2D eigenvalue weighted by atomic mass is 35.5. The Hall–Kier alpha value is -1.89. The van der Waals surface area contributed by atoms with Crippen molar-refractivity contribution >= 4 is 24.1 Å². The van der Waals surface area contributed by atoms with E-state index in [1.54, 1.807) is 10.9 Å². The molecule has 0 aromatic carbocycles. The van der Waals surface area contributed by atoms with Gasteiger partial charge in [0.15, 0.2) is 11.7 Å². The van der Waals surface area contributed by atoms with Crippen LogP contribution >= 0.6 is 12.4 Å². The van der Waals surface area contributed by atoms with Crippen molar-refractivity contribution in [2.45, 2.75) is 46.1 Å². The van der Waals surface area contributed by atoms with Gasteiger partial charge in [-0.15, -0.1) is 17.5 Å². The minimum absolute atomic E-state index is 0. The minimum Gasteiger partial charge on any atom is -0.369 e. The zero-order chi connectivity index (χ0) is 15.2. The second-order valence-electron chi connectivity index (χ2n) is 5.69. The number of nitrogens with two attached hydrogens (primary N) is 1. The topological polar surface area (TPSA) is 102 Å². The van der Waals surface area contributed by atoms with E-state index in [-0.39, 0.29) is 18.2 Å². The van der Waals surface area contributed by atoms with Gasteiger partial charge in [-0.1, -0.05) is 19.1 Å². The van der Waals surface area contributed by atoms with Crippen LogP contribution < -0.4 is 5.73 Å². The van der Waals surface area contributed by atoms with Gasteiger partial charge in [0.1, 0.15) is 6.54 Å². The number of aryl methyl sites for hydroxylation is 2. The molecule has 0 saturated heterocycles. The van der Waals surface area contributed by atoms with Gasteiger partial charge < -0.3 is 10.7 Å². The third kappa shape index (κ3) is 5.85. The number of ketones is 1. The van der Waals surface area contributed by atoms with E-state index in [1.807, 2.05) is 20.0 Å². The van der Waals surface area contributed by atoms with E-state index in [9.17, 15) is 4.79 Å². The van der Waals surface area contributed by atoms with E-state index in [2.05, 4.69) is 20.3 Å². The molecule has 2 aromatic rings. The summed E-state index contributed by atoms with van der Waals surface area (Å²) in [5, 5.41) is 8.09. The number of anilines is 1. The molecule has 8 heteroatoms. The molecule has 0 saturated carbocycles. The summed E-state index contributed by atoms with van der Waals surface area (Å²) in [6.07, 6.45) is 6.79. The van der Waals surface area contributed by atoms with Crippen LogP contribution in [-0.4, -0.2) is 30.7 Å². The van der Waals surface area contributed by atoms with Gasteiger partial charge in [0.05, 0.1) is 11.9 Å². The summed E-state index contributed by atoms with van der Waals surface area (Å²) < 4.78 is 1.62. The molecule has 0 aliphatic rings. The molecule has 3 N–H and O–H groups in total. The summed E-state index contributed by atoms with van der Waals surface area (Å²) in [5.41, 5.74) is 7.44. The van der Waals surface area contributed by atoms with Crippen LogP contribution in [0.15, 0.2) is 12.4 Å². The summed E-state index contributed by atoms with van der Waals surface area (Å²) >= 11 is 0. The molecule has 2 aromatic heterocycles. The molecule has 0 aliphatic heterocycles. The van der Waals surface area contributed by atoms with E-state index < -0.39 is 0 Å². The van der Waals surface area contributed by atoms with Crippen molar-refractivity contribution in [3.63, 3.8) is 0 Å². The van der Waals surface area contributed by atoms with E-state index in [1.165, 1.54) is 0 Å². The second-order valence-corrected chi connectivity index (χ2v) is 5.69. The fourth-order valence-electron chi connectivity index (χ4n) is 2.19. The van der Waals surface area contributed by atoms with Crippen molar-refractivity contribution in [1.82, 2.24) is 25.0 Å². The molecule has 0 atom stereocenters. The number of carbonyl (C=O) groups is 1. The lowest BCUT2D eigenvalue weighted by molar-refractivity contribution is -0.120. The third-order valence-corrected chi connectivity index (χ3v) is 3.09. The average molecular weight is 327 g/mol. The Kier molecular flexibility index (Phi) is 7.04. The number of nitrogens with one attached hydrogen (secondary N) is 1. The summed E-state index contributed by atoms with van der Waals surface area (Å²) in [7, 11) is 0. The van der Waals surface area contributed by atoms with Gasteiger partial charge in [0.25, 0.3) is 0 Å². The Morgan fingerprint density at radius 1 is 1.41 bits per heavy atom. The molecule has 0 amide bonds. The van der Waals surface area contributed by atoms with Crippen molar-refractivity contribution in [1.29, 1.82) is 0 Å². The highest BCUT2D eigenvalue weighted by Gasteiger charge is 2.08. The van der Waals surface area contributed by atoms with Crippen LogP contribution in [-0.2, 0) is 24.2 Å². The zero-order valence-corrected chi connectivity index (χ0v) is 13.8. The zero-order valence-electron chi connectivity index (χ0n) is 13.0. The predicted molar refractivity (Wildman–Crippen MR) is 86.8 cm³/mol. The molecule has 7 nitrogen and oxygen atoms in total. The quantitative estimate of drug-likeness (QED) is 0.770. The lowest BCUT2D eigenvalue weighted by atomic mass is 10.1. The first-order valence-corrected chi connectivity index (χ1v) is 7.23.